The van der Waals surface area contributed by atoms with Crippen LogP contribution < -0.4 is 20.1 Å². The number of nitrogens with zero attached hydrogens (tertiary/aromatic N) is 1. The lowest BCUT2D eigenvalue weighted by atomic mass is 9.97. The van der Waals surface area contributed by atoms with Crippen molar-refractivity contribution >= 4 is 17.5 Å². The van der Waals surface area contributed by atoms with Gasteiger partial charge in [-0.15, -0.1) is 0 Å². The average molecular weight is 363 g/mol. The fourth-order valence-corrected chi connectivity index (χ4v) is 3.11. The molecule has 1 fully saturated rings. The number of benzene rings is 1. The molecule has 0 bridgehead atoms. The van der Waals surface area contributed by atoms with Crippen molar-refractivity contribution < 1.29 is 23.8 Å². The van der Waals surface area contributed by atoms with Crippen molar-refractivity contribution in [1.82, 2.24) is 10.2 Å². The van der Waals surface area contributed by atoms with Gasteiger partial charge in [-0.3, -0.25) is 9.59 Å². The van der Waals surface area contributed by atoms with Crippen molar-refractivity contribution in [2.24, 2.45) is 5.92 Å². The number of rotatable bonds is 6. The lowest BCUT2D eigenvalue weighted by molar-refractivity contribution is -0.136. The number of anilines is 1. The summed E-state index contributed by atoms with van der Waals surface area (Å²) in [5, 5.41) is 5.31. The number of carbonyl (C=O) groups excluding carboxylic acids is 2. The van der Waals surface area contributed by atoms with Crippen LogP contribution in [-0.2, 0) is 14.3 Å². The number of piperidine rings is 1. The highest BCUT2D eigenvalue weighted by molar-refractivity contribution is 6.39. The molecule has 1 aromatic carbocycles. The monoisotopic (exact) mass is 363 g/mol. The number of methoxy groups -OCH3 is 1. The molecule has 2 N–H and O–H groups in total. The third kappa shape index (κ3) is 4.86. The number of carbonyl (C=O) groups is 2. The van der Waals surface area contributed by atoms with E-state index < -0.39 is 11.8 Å². The first kappa shape index (κ1) is 18.5. The highest BCUT2D eigenvalue weighted by Gasteiger charge is 2.21. The maximum absolute atomic E-state index is 12.0. The van der Waals surface area contributed by atoms with Crippen molar-refractivity contribution in [2.75, 3.05) is 52.0 Å². The second-order valence-electron chi connectivity index (χ2n) is 6.51. The summed E-state index contributed by atoms with van der Waals surface area (Å²) in [7, 11) is 1.71. The van der Waals surface area contributed by atoms with E-state index in [2.05, 4.69) is 15.5 Å². The molecule has 0 saturated carbocycles. The van der Waals surface area contributed by atoms with Crippen LogP contribution in [0.2, 0.25) is 0 Å². The van der Waals surface area contributed by atoms with E-state index in [1.54, 1.807) is 25.3 Å². The molecular weight excluding hydrogens is 338 g/mol. The number of amides is 2. The zero-order valence-corrected chi connectivity index (χ0v) is 15.0. The Morgan fingerprint density at radius 2 is 1.96 bits per heavy atom. The number of hydrogen-bond donors (Lipinski definition) is 2. The average Bonchev–Trinajstić information content (AvgIpc) is 3.13. The molecule has 3 rings (SSSR count). The van der Waals surface area contributed by atoms with Gasteiger partial charge in [0.1, 0.15) is 0 Å². The van der Waals surface area contributed by atoms with Crippen molar-refractivity contribution in [3.63, 3.8) is 0 Å². The Bertz CT molecular complexity index is 644. The number of hydrogen-bond acceptors (Lipinski definition) is 6. The van der Waals surface area contributed by atoms with Crippen molar-refractivity contribution in [1.29, 1.82) is 0 Å². The summed E-state index contributed by atoms with van der Waals surface area (Å²) < 4.78 is 15.6. The molecule has 8 heteroatoms. The summed E-state index contributed by atoms with van der Waals surface area (Å²) in [6.45, 7) is 4.35. The van der Waals surface area contributed by atoms with Gasteiger partial charge in [0.25, 0.3) is 0 Å². The third-order valence-corrected chi connectivity index (χ3v) is 4.71. The third-order valence-electron chi connectivity index (χ3n) is 4.71. The van der Waals surface area contributed by atoms with Gasteiger partial charge >= 0.3 is 11.8 Å². The first-order valence-corrected chi connectivity index (χ1v) is 8.86. The Morgan fingerprint density at radius 1 is 1.19 bits per heavy atom. The van der Waals surface area contributed by atoms with E-state index in [0.29, 0.717) is 29.6 Å². The fraction of sp³-hybridized carbons (Fsp3) is 0.556. The van der Waals surface area contributed by atoms with Gasteiger partial charge in [0.2, 0.25) is 6.79 Å². The minimum Gasteiger partial charge on any atom is -0.454 e. The van der Waals surface area contributed by atoms with Crippen LogP contribution >= 0.6 is 0 Å². The fourth-order valence-electron chi connectivity index (χ4n) is 3.11. The first-order chi connectivity index (χ1) is 12.7. The maximum Gasteiger partial charge on any atom is 0.313 e. The normalized spacial score (nSPS) is 17.1. The quantitative estimate of drug-likeness (QED) is 0.728. The van der Waals surface area contributed by atoms with Gasteiger partial charge in [-0.05, 0) is 44.0 Å². The molecule has 0 spiro atoms. The molecule has 0 aliphatic carbocycles. The Kier molecular flexibility index (Phi) is 6.30. The molecule has 0 atom stereocenters. The summed E-state index contributed by atoms with van der Waals surface area (Å²) in [6.07, 6.45) is 2.02. The van der Waals surface area contributed by atoms with E-state index in [0.717, 1.165) is 39.1 Å². The van der Waals surface area contributed by atoms with Gasteiger partial charge in [0, 0.05) is 32.0 Å². The smallest absolute Gasteiger partial charge is 0.313 e. The van der Waals surface area contributed by atoms with Crippen LogP contribution in [0.4, 0.5) is 5.69 Å². The summed E-state index contributed by atoms with van der Waals surface area (Å²) in [4.78, 5) is 26.4. The molecule has 142 valence electrons. The Morgan fingerprint density at radius 3 is 2.73 bits per heavy atom. The molecule has 8 nitrogen and oxygen atoms in total. The molecular formula is C18H25N3O5. The zero-order chi connectivity index (χ0) is 18.4. The highest BCUT2D eigenvalue weighted by Crippen LogP contribution is 2.34. The standard InChI is InChI=1S/C18H25N3O5/c1-24-9-8-21-6-4-13(5-7-21)11-19-17(22)18(23)20-14-2-3-15-16(10-14)26-12-25-15/h2-3,10,13H,4-9,11-12H2,1H3,(H,19,22)(H,20,23). The molecule has 0 unspecified atom stereocenters. The van der Waals surface area contributed by atoms with Crippen LogP contribution in [-0.4, -0.2) is 63.4 Å². The van der Waals surface area contributed by atoms with E-state index in [9.17, 15) is 9.59 Å². The van der Waals surface area contributed by atoms with E-state index in [4.69, 9.17) is 14.2 Å². The lowest BCUT2D eigenvalue weighted by Crippen LogP contribution is -2.42. The minimum atomic E-state index is -0.679. The molecule has 2 aliphatic heterocycles. The summed E-state index contributed by atoms with van der Waals surface area (Å²) >= 11 is 0. The topological polar surface area (TPSA) is 89.1 Å². The minimum absolute atomic E-state index is 0.164. The largest absolute Gasteiger partial charge is 0.454 e. The summed E-state index contributed by atoms with van der Waals surface area (Å²) in [6, 6.07) is 5.02. The van der Waals surface area contributed by atoms with Gasteiger partial charge < -0.3 is 29.7 Å². The molecule has 2 aliphatic rings. The first-order valence-electron chi connectivity index (χ1n) is 8.86. The van der Waals surface area contributed by atoms with Crippen LogP contribution in [0.15, 0.2) is 18.2 Å². The number of ether oxygens (including phenoxy) is 3. The lowest BCUT2D eigenvalue weighted by Gasteiger charge is -2.31. The molecule has 1 aromatic rings. The van der Waals surface area contributed by atoms with Crippen LogP contribution in [0.25, 0.3) is 0 Å². The molecule has 1 saturated heterocycles. The number of fused-ring (bicyclic) bond motifs is 1. The van der Waals surface area contributed by atoms with Crippen LogP contribution in [0.3, 0.4) is 0 Å². The van der Waals surface area contributed by atoms with Crippen LogP contribution in [0.5, 0.6) is 11.5 Å². The second kappa shape index (κ2) is 8.86. The summed E-state index contributed by atoms with van der Waals surface area (Å²) in [5.41, 5.74) is 0.501. The van der Waals surface area contributed by atoms with E-state index in [-0.39, 0.29) is 6.79 Å². The second-order valence-corrected chi connectivity index (χ2v) is 6.51. The predicted octanol–water partition coefficient (Wildman–Crippen LogP) is 0.828. The Hall–Kier alpha value is -2.32. The van der Waals surface area contributed by atoms with Gasteiger partial charge in [0.05, 0.1) is 6.61 Å². The van der Waals surface area contributed by atoms with Gasteiger partial charge in [-0.25, -0.2) is 0 Å². The van der Waals surface area contributed by atoms with E-state index >= 15 is 0 Å². The van der Waals surface area contributed by atoms with Gasteiger partial charge in [-0.1, -0.05) is 0 Å². The number of nitrogens with one attached hydrogen (secondary N) is 2. The Balaban J connectivity index is 1.39. The SMILES string of the molecule is COCCN1CCC(CNC(=O)C(=O)Nc2ccc3c(c2)OCO3)CC1. The molecule has 0 aromatic heterocycles. The van der Waals surface area contributed by atoms with E-state index in [1.165, 1.54) is 0 Å². The molecule has 0 radical (unpaired) electrons. The molecule has 2 amide bonds. The van der Waals surface area contributed by atoms with E-state index in [1.807, 2.05) is 0 Å². The summed E-state index contributed by atoms with van der Waals surface area (Å²) in [5.74, 6) is 0.287. The van der Waals surface area contributed by atoms with Crippen molar-refractivity contribution in [3.8, 4) is 11.5 Å². The van der Waals surface area contributed by atoms with Crippen LogP contribution in [0, 0.1) is 5.92 Å². The molecule has 2 heterocycles. The number of likely N-dealkylation sites (tertiary alicyclic amines) is 1. The highest BCUT2D eigenvalue weighted by atomic mass is 16.7. The van der Waals surface area contributed by atoms with Gasteiger partial charge in [0.15, 0.2) is 11.5 Å². The predicted molar refractivity (Wildman–Crippen MR) is 95.2 cm³/mol. The maximum atomic E-state index is 12.0. The Labute approximate surface area is 152 Å². The van der Waals surface area contributed by atoms with Crippen LogP contribution in [0.1, 0.15) is 12.8 Å². The zero-order valence-electron chi connectivity index (χ0n) is 15.0. The van der Waals surface area contributed by atoms with Crippen molar-refractivity contribution in [2.45, 2.75) is 12.8 Å². The molecule has 26 heavy (non-hydrogen) atoms. The van der Waals surface area contributed by atoms with Crippen molar-refractivity contribution in [3.05, 3.63) is 18.2 Å². The van der Waals surface area contributed by atoms with Gasteiger partial charge in [-0.2, -0.15) is 0 Å².